The monoisotopic (exact) mass is 344 g/mol. The number of hydrogen-bond donors (Lipinski definition) is 2. The third-order valence-corrected chi connectivity index (χ3v) is 3.22. The van der Waals surface area contributed by atoms with E-state index in [1.807, 2.05) is 0 Å². The molecule has 0 atom stereocenters. The number of benzene rings is 2. The Bertz CT molecular complexity index is 896. The van der Waals surface area contributed by atoms with Crippen LogP contribution in [0.15, 0.2) is 54.9 Å². The number of carbonyl (C=O) groups excluding carboxylic acids is 1. The molecule has 1 aromatic heterocycles. The van der Waals surface area contributed by atoms with Crippen LogP contribution in [0.2, 0.25) is 0 Å². The molecule has 0 saturated heterocycles. The van der Waals surface area contributed by atoms with Gasteiger partial charge in [0, 0.05) is 0 Å². The van der Waals surface area contributed by atoms with Crippen molar-refractivity contribution in [3.8, 4) is 0 Å². The first kappa shape index (κ1) is 16.4. The Morgan fingerprint density at radius 3 is 2.16 bits per heavy atom. The summed E-state index contributed by atoms with van der Waals surface area (Å²) < 4.78 is 40.7. The predicted molar refractivity (Wildman–Crippen MR) is 86.0 cm³/mol. The molecule has 5 nitrogen and oxygen atoms in total. The van der Waals surface area contributed by atoms with E-state index in [-0.39, 0.29) is 22.9 Å². The molecule has 0 aliphatic rings. The van der Waals surface area contributed by atoms with E-state index < -0.39 is 23.4 Å². The van der Waals surface area contributed by atoms with Gasteiger partial charge >= 0.3 is 0 Å². The van der Waals surface area contributed by atoms with E-state index in [2.05, 4.69) is 20.6 Å². The summed E-state index contributed by atoms with van der Waals surface area (Å²) in [5.41, 5.74) is -0.451. The molecular weight excluding hydrogens is 333 g/mol. The standard InChI is InChI=1S/C17H11F3N4O/c18-10-4-1-2-7-13(10)23-17(25)14-8-22-15(9-21-14)24-16-11(19)5-3-6-12(16)20/h1-9H,(H,22,24)(H,23,25). The van der Waals surface area contributed by atoms with E-state index >= 15 is 0 Å². The summed E-state index contributed by atoms with van der Waals surface area (Å²) in [6, 6.07) is 9.09. The molecule has 1 amide bonds. The number of rotatable bonds is 4. The van der Waals surface area contributed by atoms with E-state index in [1.165, 1.54) is 24.3 Å². The molecule has 25 heavy (non-hydrogen) atoms. The molecule has 126 valence electrons. The highest BCUT2D eigenvalue weighted by atomic mass is 19.1. The SMILES string of the molecule is O=C(Nc1ccccc1F)c1cnc(Nc2c(F)cccc2F)cn1. The van der Waals surface area contributed by atoms with Crippen LogP contribution < -0.4 is 10.6 Å². The van der Waals surface area contributed by atoms with Gasteiger partial charge in [-0.15, -0.1) is 0 Å². The fraction of sp³-hybridized carbons (Fsp3) is 0. The Hall–Kier alpha value is -3.42. The van der Waals surface area contributed by atoms with Crippen LogP contribution in [-0.2, 0) is 0 Å². The normalized spacial score (nSPS) is 10.4. The zero-order chi connectivity index (χ0) is 17.8. The van der Waals surface area contributed by atoms with Crippen molar-refractivity contribution in [2.75, 3.05) is 10.6 Å². The van der Waals surface area contributed by atoms with Crippen molar-refractivity contribution >= 4 is 23.1 Å². The number of para-hydroxylation sites is 2. The smallest absolute Gasteiger partial charge is 0.275 e. The van der Waals surface area contributed by atoms with Gasteiger partial charge in [0.25, 0.3) is 5.91 Å². The summed E-state index contributed by atoms with van der Waals surface area (Å²) in [6.07, 6.45) is 2.25. The van der Waals surface area contributed by atoms with Gasteiger partial charge in [0.2, 0.25) is 0 Å². The van der Waals surface area contributed by atoms with Crippen molar-refractivity contribution in [3.63, 3.8) is 0 Å². The Morgan fingerprint density at radius 1 is 0.840 bits per heavy atom. The molecule has 0 radical (unpaired) electrons. The molecule has 0 bridgehead atoms. The summed E-state index contributed by atoms with van der Waals surface area (Å²) >= 11 is 0. The molecule has 2 N–H and O–H groups in total. The first-order valence-electron chi connectivity index (χ1n) is 7.13. The number of carbonyl (C=O) groups is 1. The number of halogens is 3. The van der Waals surface area contributed by atoms with Crippen molar-refractivity contribution in [3.05, 3.63) is 78.0 Å². The topological polar surface area (TPSA) is 66.9 Å². The van der Waals surface area contributed by atoms with E-state index in [0.29, 0.717) is 0 Å². The fourth-order valence-corrected chi connectivity index (χ4v) is 2.00. The van der Waals surface area contributed by atoms with Crippen LogP contribution in [0.25, 0.3) is 0 Å². The molecule has 0 unspecified atom stereocenters. The third-order valence-electron chi connectivity index (χ3n) is 3.22. The second-order valence-electron chi connectivity index (χ2n) is 4.94. The van der Waals surface area contributed by atoms with Gasteiger partial charge in [-0.05, 0) is 24.3 Å². The minimum atomic E-state index is -0.789. The highest BCUT2D eigenvalue weighted by Gasteiger charge is 2.12. The fourth-order valence-electron chi connectivity index (χ4n) is 2.00. The van der Waals surface area contributed by atoms with Gasteiger partial charge in [0.1, 0.15) is 34.7 Å². The van der Waals surface area contributed by atoms with E-state index in [9.17, 15) is 18.0 Å². The third kappa shape index (κ3) is 3.74. The van der Waals surface area contributed by atoms with Gasteiger partial charge in [-0.25, -0.2) is 23.1 Å². The lowest BCUT2D eigenvalue weighted by Gasteiger charge is -2.08. The van der Waals surface area contributed by atoms with Crippen LogP contribution in [0, 0.1) is 17.5 Å². The minimum absolute atomic E-state index is 0.00456. The van der Waals surface area contributed by atoms with Gasteiger partial charge in [-0.3, -0.25) is 4.79 Å². The zero-order valence-corrected chi connectivity index (χ0v) is 12.6. The van der Waals surface area contributed by atoms with Crippen LogP contribution in [0.1, 0.15) is 10.5 Å². The first-order chi connectivity index (χ1) is 12.0. The first-order valence-corrected chi connectivity index (χ1v) is 7.13. The molecule has 8 heteroatoms. The summed E-state index contributed by atoms with van der Waals surface area (Å²) in [4.78, 5) is 19.8. The van der Waals surface area contributed by atoms with Gasteiger partial charge in [0.05, 0.1) is 18.1 Å². The largest absolute Gasteiger partial charge is 0.334 e. The molecule has 2 aromatic carbocycles. The molecule has 0 spiro atoms. The van der Waals surface area contributed by atoms with E-state index in [4.69, 9.17) is 0 Å². The lowest BCUT2D eigenvalue weighted by molar-refractivity contribution is 0.102. The van der Waals surface area contributed by atoms with E-state index in [1.54, 1.807) is 6.07 Å². The average molecular weight is 344 g/mol. The number of hydrogen-bond acceptors (Lipinski definition) is 4. The van der Waals surface area contributed by atoms with Crippen LogP contribution in [0.4, 0.5) is 30.4 Å². The minimum Gasteiger partial charge on any atom is -0.334 e. The summed E-state index contributed by atoms with van der Waals surface area (Å²) in [6.45, 7) is 0. The van der Waals surface area contributed by atoms with Crippen LogP contribution in [0.5, 0.6) is 0 Å². The van der Waals surface area contributed by atoms with Crippen LogP contribution >= 0.6 is 0 Å². The summed E-state index contributed by atoms with van der Waals surface area (Å²) in [5, 5.41) is 4.81. The summed E-state index contributed by atoms with van der Waals surface area (Å²) in [7, 11) is 0. The quantitative estimate of drug-likeness (QED) is 0.753. The van der Waals surface area contributed by atoms with Crippen molar-refractivity contribution in [1.82, 2.24) is 9.97 Å². The maximum Gasteiger partial charge on any atom is 0.275 e. The Labute approximate surface area is 140 Å². The van der Waals surface area contributed by atoms with Gasteiger partial charge in [0.15, 0.2) is 0 Å². The molecule has 3 aromatic rings. The summed E-state index contributed by atoms with van der Waals surface area (Å²) in [5.74, 6) is -2.78. The van der Waals surface area contributed by atoms with Crippen molar-refractivity contribution in [2.24, 2.45) is 0 Å². The van der Waals surface area contributed by atoms with Crippen molar-refractivity contribution < 1.29 is 18.0 Å². The zero-order valence-electron chi connectivity index (χ0n) is 12.6. The molecule has 0 saturated carbocycles. The van der Waals surface area contributed by atoms with Gasteiger partial charge in [-0.1, -0.05) is 18.2 Å². The Kier molecular flexibility index (Phi) is 4.60. The van der Waals surface area contributed by atoms with Gasteiger partial charge < -0.3 is 10.6 Å². The second kappa shape index (κ2) is 7.00. The van der Waals surface area contributed by atoms with Crippen molar-refractivity contribution in [2.45, 2.75) is 0 Å². The Balaban J connectivity index is 1.74. The molecule has 0 aliphatic carbocycles. The highest BCUT2D eigenvalue weighted by molar-refractivity contribution is 6.02. The van der Waals surface area contributed by atoms with Gasteiger partial charge in [-0.2, -0.15) is 0 Å². The maximum atomic E-state index is 13.6. The molecule has 3 rings (SSSR count). The Morgan fingerprint density at radius 2 is 1.52 bits per heavy atom. The maximum absolute atomic E-state index is 13.6. The predicted octanol–water partition coefficient (Wildman–Crippen LogP) is 3.89. The highest BCUT2D eigenvalue weighted by Crippen LogP contribution is 2.21. The average Bonchev–Trinajstić information content (AvgIpc) is 2.61. The lowest BCUT2D eigenvalue weighted by atomic mass is 10.3. The molecule has 1 heterocycles. The number of nitrogens with one attached hydrogen (secondary N) is 2. The molecule has 0 fully saturated rings. The van der Waals surface area contributed by atoms with E-state index in [0.717, 1.165) is 24.5 Å². The van der Waals surface area contributed by atoms with Crippen LogP contribution in [0.3, 0.4) is 0 Å². The second-order valence-corrected chi connectivity index (χ2v) is 4.94. The number of amides is 1. The molecular formula is C17H11F3N4O. The lowest BCUT2D eigenvalue weighted by Crippen LogP contribution is -2.15. The van der Waals surface area contributed by atoms with Crippen LogP contribution in [-0.4, -0.2) is 15.9 Å². The molecule has 0 aliphatic heterocycles. The number of anilines is 3. The van der Waals surface area contributed by atoms with Crippen molar-refractivity contribution in [1.29, 1.82) is 0 Å². The number of aromatic nitrogens is 2. The number of nitrogens with zero attached hydrogens (tertiary/aromatic N) is 2.